The Bertz CT molecular complexity index is 1030. The molecule has 2 aromatic carbocycles. The van der Waals surface area contributed by atoms with Crippen LogP contribution in [0.4, 0.5) is 5.69 Å². The third-order valence-corrected chi connectivity index (χ3v) is 6.51. The smallest absolute Gasteiger partial charge is 0.256 e. The number of hydrogen-bond acceptors (Lipinski definition) is 5. The van der Waals surface area contributed by atoms with Gasteiger partial charge in [0.15, 0.2) is 0 Å². The molecule has 0 radical (unpaired) electrons. The number of ether oxygens (including phenoxy) is 2. The van der Waals surface area contributed by atoms with Crippen molar-refractivity contribution >= 4 is 23.4 Å². The number of rotatable bonds is 5. The lowest BCUT2D eigenvalue weighted by molar-refractivity contribution is -0.146. The lowest BCUT2D eigenvalue weighted by Crippen LogP contribution is -2.59. The number of amides is 3. The molecule has 2 fully saturated rings. The van der Waals surface area contributed by atoms with Crippen LogP contribution in [-0.2, 0) is 14.3 Å². The molecule has 0 unspecified atom stereocenters. The summed E-state index contributed by atoms with van der Waals surface area (Å²) in [5.74, 6) is 0.111. The fourth-order valence-electron chi connectivity index (χ4n) is 4.63. The molecule has 8 heteroatoms. The second kappa shape index (κ2) is 9.85. The van der Waals surface area contributed by atoms with Crippen LogP contribution in [0.15, 0.2) is 54.6 Å². The molecule has 4 rings (SSSR count). The van der Waals surface area contributed by atoms with Crippen LogP contribution in [0, 0.1) is 5.92 Å². The Morgan fingerprint density at radius 1 is 1.03 bits per heavy atom. The zero-order valence-corrected chi connectivity index (χ0v) is 19.8. The molecule has 0 saturated carbocycles. The van der Waals surface area contributed by atoms with Gasteiger partial charge < -0.3 is 19.7 Å². The van der Waals surface area contributed by atoms with Crippen molar-refractivity contribution in [2.24, 2.45) is 5.92 Å². The molecule has 0 aliphatic carbocycles. The summed E-state index contributed by atoms with van der Waals surface area (Å²) in [6.07, 6.45) is 0.909. The number of anilines is 1. The minimum Gasteiger partial charge on any atom is -0.497 e. The third kappa shape index (κ3) is 4.63. The number of carbonyl (C=O) groups excluding carboxylic acids is 3. The molecule has 2 aliphatic rings. The monoisotopic (exact) mass is 465 g/mol. The lowest BCUT2D eigenvalue weighted by Gasteiger charge is -2.44. The van der Waals surface area contributed by atoms with Crippen LogP contribution in [-0.4, -0.2) is 66.1 Å². The number of piperidine rings is 1. The van der Waals surface area contributed by atoms with Gasteiger partial charge in [0, 0.05) is 43.1 Å². The Morgan fingerprint density at radius 3 is 2.26 bits per heavy atom. The molecule has 1 spiro atoms. The van der Waals surface area contributed by atoms with Gasteiger partial charge in [-0.25, -0.2) is 0 Å². The lowest BCUT2D eigenvalue weighted by atomic mass is 9.95. The second-order valence-electron chi connectivity index (χ2n) is 9.01. The second-order valence-corrected chi connectivity index (χ2v) is 9.01. The molecule has 2 saturated heterocycles. The molecule has 0 aromatic heterocycles. The van der Waals surface area contributed by atoms with E-state index in [2.05, 4.69) is 5.32 Å². The van der Waals surface area contributed by atoms with Gasteiger partial charge in [0.25, 0.3) is 5.91 Å². The number of carbonyl (C=O) groups is 3. The van der Waals surface area contributed by atoms with Crippen LogP contribution < -0.4 is 10.1 Å². The van der Waals surface area contributed by atoms with Crippen molar-refractivity contribution in [2.75, 3.05) is 32.1 Å². The predicted octanol–water partition coefficient (Wildman–Crippen LogP) is 3.15. The molecule has 1 N–H and O–H groups in total. The number of nitrogens with zero attached hydrogens (tertiary/aromatic N) is 2. The van der Waals surface area contributed by atoms with E-state index in [1.807, 2.05) is 24.8 Å². The number of benzene rings is 2. The Balaban J connectivity index is 1.58. The van der Waals surface area contributed by atoms with Crippen LogP contribution in [0.3, 0.4) is 0 Å². The highest BCUT2D eigenvalue weighted by molar-refractivity contribution is 6.02. The summed E-state index contributed by atoms with van der Waals surface area (Å²) in [6, 6.07) is 15.2. The highest BCUT2D eigenvalue weighted by atomic mass is 16.5. The van der Waals surface area contributed by atoms with E-state index in [0.717, 1.165) is 0 Å². The number of methoxy groups -OCH3 is 1. The zero-order chi connectivity index (χ0) is 24.3. The first-order valence-corrected chi connectivity index (χ1v) is 11.6. The quantitative estimate of drug-likeness (QED) is 0.733. The maximum Gasteiger partial charge on any atom is 0.256 e. The van der Waals surface area contributed by atoms with E-state index < -0.39 is 11.8 Å². The molecule has 3 amide bonds. The van der Waals surface area contributed by atoms with E-state index in [9.17, 15) is 14.4 Å². The van der Waals surface area contributed by atoms with E-state index in [4.69, 9.17) is 9.47 Å². The van der Waals surface area contributed by atoms with Crippen molar-refractivity contribution in [3.63, 3.8) is 0 Å². The first-order valence-electron chi connectivity index (χ1n) is 11.6. The van der Waals surface area contributed by atoms with Crippen molar-refractivity contribution in [3.05, 3.63) is 60.2 Å². The number of hydrogen-bond donors (Lipinski definition) is 1. The van der Waals surface area contributed by atoms with E-state index in [-0.39, 0.29) is 30.2 Å². The number of likely N-dealkylation sites (tertiary alicyclic amines) is 1. The minimum atomic E-state index is -0.928. The Hall–Kier alpha value is -3.39. The Labute approximate surface area is 199 Å². The van der Waals surface area contributed by atoms with Gasteiger partial charge in [-0.15, -0.1) is 0 Å². The van der Waals surface area contributed by atoms with E-state index in [1.54, 1.807) is 60.5 Å². The molecule has 8 nitrogen and oxygen atoms in total. The molecule has 1 atom stereocenters. The topological polar surface area (TPSA) is 88.2 Å². The molecule has 0 bridgehead atoms. The minimum absolute atomic E-state index is 0.0857. The summed E-state index contributed by atoms with van der Waals surface area (Å²) in [5, 5.41) is 2.90. The summed E-state index contributed by atoms with van der Waals surface area (Å²) in [7, 11) is 1.58. The van der Waals surface area contributed by atoms with E-state index >= 15 is 0 Å². The van der Waals surface area contributed by atoms with Gasteiger partial charge in [-0.2, -0.15) is 0 Å². The Morgan fingerprint density at radius 2 is 1.68 bits per heavy atom. The molecule has 34 heavy (non-hydrogen) atoms. The molecule has 2 aromatic rings. The van der Waals surface area contributed by atoms with Gasteiger partial charge in [-0.3, -0.25) is 19.3 Å². The highest BCUT2D eigenvalue weighted by Crippen LogP contribution is 2.39. The normalized spacial score (nSPS) is 19.4. The average molecular weight is 466 g/mol. The third-order valence-electron chi connectivity index (χ3n) is 6.51. The van der Waals surface area contributed by atoms with Crippen LogP contribution >= 0.6 is 0 Å². The fraction of sp³-hybridized carbons (Fsp3) is 0.423. The molecular formula is C26H31N3O5. The van der Waals surface area contributed by atoms with Gasteiger partial charge in [0.1, 0.15) is 17.5 Å². The van der Waals surface area contributed by atoms with Crippen molar-refractivity contribution in [1.29, 1.82) is 0 Å². The first kappa shape index (κ1) is 23.8. The molecule has 180 valence electrons. The molecule has 2 heterocycles. The van der Waals surface area contributed by atoms with Gasteiger partial charge in [0.2, 0.25) is 11.8 Å². The SMILES string of the molecule is COc1ccc(NC(=O)[C@H]2COC3(CCN(C(=O)C(C)C)CC3)N2C(=O)c2ccccc2)cc1. The van der Waals surface area contributed by atoms with Gasteiger partial charge in [-0.05, 0) is 36.4 Å². The van der Waals surface area contributed by atoms with Gasteiger partial charge in [0.05, 0.1) is 13.7 Å². The van der Waals surface area contributed by atoms with Crippen molar-refractivity contribution in [1.82, 2.24) is 9.80 Å². The highest BCUT2D eigenvalue weighted by Gasteiger charge is 2.54. The van der Waals surface area contributed by atoms with E-state index in [1.165, 1.54) is 0 Å². The molecule has 2 aliphatic heterocycles. The predicted molar refractivity (Wildman–Crippen MR) is 127 cm³/mol. The van der Waals surface area contributed by atoms with Crippen molar-refractivity contribution in [2.45, 2.75) is 38.5 Å². The van der Waals surface area contributed by atoms with Crippen LogP contribution in [0.5, 0.6) is 5.75 Å². The Kier molecular flexibility index (Phi) is 6.88. The van der Waals surface area contributed by atoms with Crippen molar-refractivity contribution < 1.29 is 23.9 Å². The van der Waals surface area contributed by atoms with Gasteiger partial charge in [-0.1, -0.05) is 32.0 Å². The summed E-state index contributed by atoms with van der Waals surface area (Å²) >= 11 is 0. The molecular weight excluding hydrogens is 434 g/mol. The van der Waals surface area contributed by atoms with Crippen molar-refractivity contribution in [3.8, 4) is 5.75 Å². The maximum absolute atomic E-state index is 13.7. The summed E-state index contributed by atoms with van der Waals surface area (Å²) < 4.78 is 11.4. The summed E-state index contributed by atoms with van der Waals surface area (Å²) in [5.41, 5.74) is 0.175. The van der Waals surface area contributed by atoms with Crippen LogP contribution in [0.25, 0.3) is 0 Å². The van der Waals surface area contributed by atoms with Crippen LogP contribution in [0.2, 0.25) is 0 Å². The zero-order valence-electron chi connectivity index (χ0n) is 19.8. The summed E-state index contributed by atoms with van der Waals surface area (Å²) in [6.45, 7) is 4.80. The maximum atomic E-state index is 13.7. The standard InChI is InChI=1S/C26H31N3O5/c1-18(2)24(31)28-15-13-26(14-16-28)29(25(32)19-7-5-4-6-8-19)22(17-34-26)23(30)27-20-9-11-21(33-3)12-10-20/h4-12,18,22H,13-17H2,1-3H3,(H,27,30)/t22-/m1/s1. The van der Waals surface area contributed by atoms with Gasteiger partial charge >= 0.3 is 0 Å². The summed E-state index contributed by atoms with van der Waals surface area (Å²) in [4.78, 5) is 42.9. The first-order chi connectivity index (χ1) is 16.3. The largest absolute Gasteiger partial charge is 0.497 e. The number of nitrogens with one attached hydrogen (secondary N) is 1. The average Bonchev–Trinajstić information content (AvgIpc) is 3.23. The van der Waals surface area contributed by atoms with E-state index in [0.29, 0.717) is 42.9 Å². The fourth-order valence-corrected chi connectivity index (χ4v) is 4.63. The van der Waals surface area contributed by atoms with Crippen LogP contribution in [0.1, 0.15) is 37.0 Å².